The van der Waals surface area contributed by atoms with Gasteiger partial charge in [0.15, 0.2) is 0 Å². The number of aromatic hydroxyl groups is 1. The van der Waals surface area contributed by atoms with E-state index in [1.807, 2.05) is 0 Å². The molecule has 0 atom stereocenters. The number of para-hydroxylation sites is 1. The lowest BCUT2D eigenvalue weighted by Crippen LogP contribution is -2.01. The first kappa shape index (κ1) is 10.9. The minimum Gasteiger partial charge on any atom is -0.507 e. The van der Waals surface area contributed by atoms with Gasteiger partial charge in [0.1, 0.15) is 5.75 Å². The summed E-state index contributed by atoms with van der Waals surface area (Å²) in [7, 11) is 0. The van der Waals surface area contributed by atoms with Gasteiger partial charge in [0.05, 0.1) is 5.71 Å². The predicted molar refractivity (Wildman–Crippen MR) is 56.4 cm³/mol. The molecule has 0 fully saturated rings. The van der Waals surface area contributed by atoms with E-state index in [2.05, 4.69) is 5.16 Å². The van der Waals surface area contributed by atoms with E-state index in [4.69, 9.17) is 16.8 Å². The number of phenolic OH excluding ortho intramolecular Hbond substituents is 1. The van der Waals surface area contributed by atoms with Crippen LogP contribution in [-0.4, -0.2) is 21.9 Å². The molecule has 0 saturated carbocycles. The Morgan fingerprint density at radius 2 is 2.07 bits per heavy atom. The van der Waals surface area contributed by atoms with Crippen LogP contribution in [0, 0.1) is 0 Å². The summed E-state index contributed by atoms with van der Waals surface area (Å²) in [6.07, 6.45) is 1.27. The van der Waals surface area contributed by atoms with Gasteiger partial charge in [-0.2, -0.15) is 0 Å². The highest BCUT2D eigenvalue weighted by Crippen LogP contribution is 2.18. The van der Waals surface area contributed by atoms with Gasteiger partial charge in [-0.3, -0.25) is 0 Å². The molecule has 0 amide bonds. The SMILES string of the molecule is ON=C(CCCCl)c1ccccc1O. The molecule has 1 rings (SSSR count). The van der Waals surface area contributed by atoms with Gasteiger partial charge >= 0.3 is 0 Å². The van der Waals surface area contributed by atoms with Gasteiger partial charge in [-0.05, 0) is 25.0 Å². The Balaban J connectivity index is 2.85. The average molecular weight is 214 g/mol. The minimum atomic E-state index is 0.120. The number of halogens is 1. The van der Waals surface area contributed by atoms with E-state index in [0.29, 0.717) is 23.6 Å². The number of alkyl halides is 1. The maximum Gasteiger partial charge on any atom is 0.124 e. The van der Waals surface area contributed by atoms with Crippen molar-refractivity contribution in [2.75, 3.05) is 5.88 Å². The molecule has 0 unspecified atom stereocenters. The molecule has 0 bridgehead atoms. The smallest absolute Gasteiger partial charge is 0.124 e. The van der Waals surface area contributed by atoms with E-state index in [-0.39, 0.29) is 5.75 Å². The van der Waals surface area contributed by atoms with Crippen LogP contribution in [0.25, 0.3) is 0 Å². The van der Waals surface area contributed by atoms with Gasteiger partial charge in [0, 0.05) is 11.4 Å². The second kappa shape index (κ2) is 5.50. The molecule has 14 heavy (non-hydrogen) atoms. The summed E-state index contributed by atoms with van der Waals surface area (Å²) < 4.78 is 0. The average Bonchev–Trinajstić information content (AvgIpc) is 2.21. The summed E-state index contributed by atoms with van der Waals surface area (Å²) in [4.78, 5) is 0. The fraction of sp³-hybridized carbons (Fsp3) is 0.300. The Labute approximate surface area is 87.6 Å². The van der Waals surface area contributed by atoms with E-state index < -0.39 is 0 Å². The number of nitrogens with zero attached hydrogens (tertiary/aromatic N) is 1. The van der Waals surface area contributed by atoms with Crippen molar-refractivity contribution in [1.82, 2.24) is 0 Å². The number of rotatable bonds is 4. The lowest BCUT2D eigenvalue weighted by Gasteiger charge is -2.05. The molecule has 1 aromatic carbocycles. The molecule has 1 aromatic rings. The van der Waals surface area contributed by atoms with Gasteiger partial charge in [-0.1, -0.05) is 17.3 Å². The summed E-state index contributed by atoms with van der Waals surface area (Å²) in [6, 6.07) is 6.76. The lowest BCUT2D eigenvalue weighted by atomic mass is 10.1. The highest BCUT2D eigenvalue weighted by Gasteiger charge is 2.07. The molecule has 0 aromatic heterocycles. The first-order valence-corrected chi connectivity index (χ1v) is 4.88. The highest BCUT2D eigenvalue weighted by molar-refractivity contribution is 6.18. The summed E-state index contributed by atoms with van der Waals surface area (Å²) >= 11 is 5.53. The van der Waals surface area contributed by atoms with Gasteiger partial charge in [0.25, 0.3) is 0 Å². The van der Waals surface area contributed by atoms with Crippen molar-refractivity contribution in [3.05, 3.63) is 29.8 Å². The van der Waals surface area contributed by atoms with Crippen LogP contribution in [0.4, 0.5) is 0 Å². The zero-order valence-corrected chi connectivity index (χ0v) is 8.41. The largest absolute Gasteiger partial charge is 0.507 e. The molecule has 0 radical (unpaired) electrons. The molecule has 0 aliphatic heterocycles. The van der Waals surface area contributed by atoms with Crippen molar-refractivity contribution in [3.8, 4) is 5.75 Å². The van der Waals surface area contributed by atoms with Crippen LogP contribution >= 0.6 is 11.6 Å². The quantitative estimate of drug-likeness (QED) is 0.350. The molecule has 4 heteroatoms. The van der Waals surface area contributed by atoms with Gasteiger partial charge in [-0.15, -0.1) is 11.6 Å². The third kappa shape index (κ3) is 2.64. The van der Waals surface area contributed by atoms with Crippen LogP contribution < -0.4 is 0 Å². The maximum atomic E-state index is 9.49. The molecular weight excluding hydrogens is 202 g/mol. The van der Waals surface area contributed by atoms with Crippen molar-refractivity contribution in [2.45, 2.75) is 12.8 Å². The summed E-state index contributed by atoms with van der Waals surface area (Å²) in [5, 5.41) is 21.4. The van der Waals surface area contributed by atoms with Crippen molar-refractivity contribution < 1.29 is 10.3 Å². The molecular formula is C10H12ClNO2. The molecule has 0 saturated heterocycles. The zero-order valence-electron chi connectivity index (χ0n) is 7.65. The van der Waals surface area contributed by atoms with Gasteiger partial charge in [0.2, 0.25) is 0 Å². The van der Waals surface area contributed by atoms with Crippen LogP contribution in [0.2, 0.25) is 0 Å². The Bertz CT molecular complexity index is 326. The second-order valence-electron chi connectivity index (χ2n) is 2.86. The number of phenols is 1. The zero-order chi connectivity index (χ0) is 10.4. The lowest BCUT2D eigenvalue weighted by molar-refractivity contribution is 0.317. The van der Waals surface area contributed by atoms with Crippen LogP contribution in [0.5, 0.6) is 5.75 Å². The molecule has 0 heterocycles. The predicted octanol–water partition coefficient (Wildman–Crippen LogP) is 2.59. The molecule has 0 aliphatic rings. The van der Waals surface area contributed by atoms with Gasteiger partial charge < -0.3 is 10.3 Å². The van der Waals surface area contributed by atoms with Crippen molar-refractivity contribution in [3.63, 3.8) is 0 Å². The fourth-order valence-electron chi connectivity index (χ4n) is 1.19. The minimum absolute atomic E-state index is 0.120. The number of benzene rings is 1. The van der Waals surface area contributed by atoms with E-state index >= 15 is 0 Å². The Hall–Kier alpha value is -1.22. The Morgan fingerprint density at radius 1 is 1.36 bits per heavy atom. The molecule has 0 aliphatic carbocycles. The maximum absolute atomic E-state index is 9.49. The molecule has 3 nitrogen and oxygen atoms in total. The molecule has 0 spiro atoms. The van der Waals surface area contributed by atoms with E-state index in [0.717, 1.165) is 6.42 Å². The number of hydrogen-bond donors (Lipinski definition) is 2. The van der Waals surface area contributed by atoms with Crippen LogP contribution in [0.15, 0.2) is 29.4 Å². The van der Waals surface area contributed by atoms with Crippen LogP contribution in [0.3, 0.4) is 0 Å². The van der Waals surface area contributed by atoms with E-state index in [1.54, 1.807) is 24.3 Å². The summed E-state index contributed by atoms with van der Waals surface area (Å²) in [5.41, 5.74) is 1.02. The van der Waals surface area contributed by atoms with Crippen LogP contribution in [0.1, 0.15) is 18.4 Å². The van der Waals surface area contributed by atoms with Gasteiger partial charge in [-0.25, -0.2) is 0 Å². The second-order valence-corrected chi connectivity index (χ2v) is 3.23. The first-order chi connectivity index (χ1) is 6.79. The molecule has 76 valence electrons. The monoisotopic (exact) mass is 213 g/mol. The fourth-order valence-corrected chi connectivity index (χ4v) is 1.32. The van der Waals surface area contributed by atoms with E-state index in [9.17, 15) is 5.11 Å². The normalized spacial score (nSPS) is 11.6. The molecule has 2 N–H and O–H groups in total. The first-order valence-electron chi connectivity index (χ1n) is 4.35. The summed E-state index contributed by atoms with van der Waals surface area (Å²) in [6.45, 7) is 0. The van der Waals surface area contributed by atoms with E-state index in [1.165, 1.54) is 0 Å². The third-order valence-electron chi connectivity index (χ3n) is 1.88. The van der Waals surface area contributed by atoms with Crippen molar-refractivity contribution >= 4 is 17.3 Å². The Kier molecular flexibility index (Phi) is 4.26. The topological polar surface area (TPSA) is 52.8 Å². The van der Waals surface area contributed by atoms with Crippen molar-refractivity contribution in [2.24, 2.45) is 5.16 Å². The number of hydrogen-bond acceptors (Lipinski definition) is 3. The third-order valence-corrected chi connectivity index (χ3v) is 2.15. The number of oxime groups is 1. The van der Waals surface area contributed by atoms with Crippen LogP contribution in [-0.2, 0) is 0 Å². The Morgan fingerprint density at radius 3 is 2.64 bits per heavy atom. The van der Waals surface area contributed by atoms with Crippen molar-refractivity contribution in [1.29, 1.82) is 0 Å². The summed E-state index contributed by atoms with van der Waals surface area (Å²) in [5.74, 6) is 0.627. The highest BCUT2D eigenvalue weighted by atomic mass is 35.5. The standard InChI is InChI=1S/C10H12ClNO2/c11-7-3-5-9(12-14)8-4-1-2-6-10(8)13/h1-2,4,6,13-14H,3,5,7H2.